The molecule has 2 aromatic carbocycles. The maximum Gasteiger partial charge on any atom is 0.191 e. The fourth-order valence-electron chi connectivity index (χ4n) is 2.34. The number of rotatable bonds is 1. The molecule has 2 heteroatoms. The van der Waals surface area contributed by atoms with Gasteiger partial charge in [-0.1, -0.05) is 54.6 Å². The maximum absolute atomic E-state index is 12.3. The van der Waals surface area contributed by atoms with E-state index in [0.29, 0.717) is 17.7 Å². The molecule has 88 valence electrons. The summed E-state index contributed by atoms with van der Waals surface area (Å²) in [6.07, 6.45) is 0.635. The van der Waals surface area contributed by atoms with E-state index in [9.17, 15) is 4.79 Å². The van der Waals surface area contributed by atoms with E-state index in [-0.39, 0.29) is 5.78 Å². The van der Waals surface area contributed by atoms with Crippen LogP contribution in [0.15, 0.2) is 60.2 Å². The van der Waals surface area contributed by atoms with Gasteiger partial charge in [-0.15, -0.1) is 0 Å². The van der Waals surface area contributed by atoms with Crippen molar-refractivity contribution in [2.75, 3.05) is 0 Å². The summed E-state index contributed by atoms with van der Waals surface area (Å²) in [7, 11) is 0. The minimum absolute atomic E-state index is 0.0620. The maximum atomic E-state index is 12.3. The van der Waals surface area contributed by atoms with Gasteiger partial charge in [-0.3, -0.25) is 4.79 Å². The largest absolute Gasteiger partial charge is 0.398 e. The normalized spacial score (nSPS) is 16.6. The van der Waals surface area contributed by atoms with Gasteiger partial charge in [0.1, 0.15) is 0 Å². The first kappa shape index (κ1) is 10.8. The van der Waals surface area contributed by atoms with E-state index < -0.39 is 0 Å². The summed E-state index contributed by atoms with van der Waals surface area (Å²) in [6.45, 7) is 0. The van der Waals surface area contributed by atoms with Crippen LogP contribution in [-0.4, -0.2) is 5.78 Å². The van der Waals surface area contributed by atoms with Crippen molar-refractivity contribution < 1.29 is 4.79 Å². The first-order valence-corrected chi connectivity index (χ1v) is 5.94. The third-order valence-corrected chi connectivity index (χ3v) is 3.31. The first-order chi connectivity index (χ1) is 8.77. The molecule has 0 heterocycles. The van der Waals surface area contributed by atoms with Crippen LogP contribution in [0.5, 0.6) is 0 Å². The lowest BCUT2D eigenvalue weighted by Crippen LogP contribution is -2.06. The van der Waals surface area contributed by atoms with Crippen LogP contribution in [-0.2, 0) is 6.42 Å². The summed E-state index contributed by atoms with van der Waals surface area (Å²) in [6, 6.07) is 17.3. The Morgan fingerprint density at radius 2 is 1.61 bits per heavy atom. The predicted molar refractivity (Wildman–Crippen MR) is 72.0 cm³/mol. The fourth-order valence-corrected chi connectivity index (χ4v) is 2.34. The van der Waals surface area contributed by atoms with E-state index >= 15 is 0 Å². The molecule has 0 unspecified atom stereocenters. The molecule has 0 atom stereocenters. The summed E-state index contributed by atoms with van der Waals surface area (Å²) < 4.78 is 0. The second-order valence-corrected chi connectivity index (χ2v) is 4.42. The molecular formula is C16H13NO. The number of ketones is 1. The molecule has 0 bridgehead atoms. The summed E-state index contributed by atoms with van der Waals surface area (Å²) in [4.78, 5) is 12.3. The Kier molecular flexibility index (Phi) is 2.49. The van der Waals surface area contributed by atoms with E-state index in [1.54, 1.807) is 0 Å². The second kappa shape index (κ2) is 4.15. The van der Waals surface area contributed by atoms with Crippen molar-refractivity contribution in [2.45, 2.75) is 6.42 Å². The van der Waals surface area contributed by atoms with Crippen molar-refractivity contribution >= 4 is 11.5 Å². The summed E-state index contributed by atoms with van der Waals surface area (Å²) in [5, 5.41) is 0. The first-order valence-electron chi connectivity index (χ1n) is 5.94. The molecule has 0 spiro atoms. The van der Waals surface area contributed by atoms with E-state index in [2.05, 4.69) is 0 Å². The van der Waals surface area contributed by atoms with Crippen LogP contribution >= 0.6 is 0 Å². The van der Waals surface area contributed by atoms with Gasteiger partial charge in [-0.25, -0.2) is 0 Å². The molecule has 2 aromatic rings. The van der Waals surface area contributed by atoms with E-state index in [4.69, 9.17) is 5.73 Å². The molecule has 2 nitrogen and oxygen atoms in total. The van der Waals surface area contributed by atoms with Crippen molar-refractivity contribution in [2.24, 2.45) is 5.73 Å². The van der Waals surface area contributed by atoms with Gasteiger partial charge in [0.15, 0.2) is 5.78 Å². The minimum atomic E-state index is 0.0620. The molecule has 0 radical (unpaired) electrons. The summed E-state index contributed by atoms with van der Waals surface area (Å²) >= 11 is 0. The topological polar surface area (TPSA) is 43.1 Å². The molecular weight excluding hydrogens is 222 g/mol. The molecule has 0 aliphatic heterocycles. The average molecular weight is 235 g/mol. The van der Waals surface area contributed by atoms with Crippen LogP contribution in [0.25, 0.3) is 5.70 Å². The third kappa shape index (κ3) is 1.63. The molecule has 0 amide bonds. The highest BCUT2D eigenvalue weighted by Gasteiger charge is 2.26. The van der Waals surface area contributed by atoms with Crippen LogP contribution in [0.2, 0.25) is 0 Å². The molecule has 1 aliphatic carbocycles. The van der Waals surface area contributed by atoms with Crippen molar-refractivity contribution in [3.05, 3.63) is 76.9 Å². The second-order valence-electron chi connectivity index (χ2n) is 4.42. The third-order valence-electron chi connectivity index (χ3n) is 3.31. The van der Waals surface area contributed by atoms with E-state index in [1.807, 2.05) is 54.6 Å². The zero-order valence-electron chi connectivity index (χ0n) is 9.89. The number of allylic oxidation sites excluding steroid dienone is 1. The number of nitrogens with two attached hydrogens (primary N) is 1. The summed E-state index contributed by atoms with van der Waals surface area (Å²) in [5.74, 6) is 0.0620. The van der Waals surface area contributed by atoms with Crippen LogP contribution in [0.1, 0.15) is 21.5 Å². The van der Waals surface area contributed by atoms with Crippen molar-refractivity contribution in [3.63, 3.8) is 0 Å². The minimum Gasteiger partial charge on any atom is -0.398 e. The van der Waals surface area contributed by atoms with Gasteiger partial charge in [0.25, 0.3) is 0 Å². The number of hydrogen-bond acceptors (Lipinski definition) is 2. The zero-order chi connectivity index (χ0) is 12.5. The molecule has 2 N–H and O–H groups in total. The smallest absolute Gasteiger partial charge is 0.191 e. The number of fused-ring (bicyclic) bond motifs is 1. The lowest BCUT2D eigenvalue weighted by molar-refractivity contribution is 0.104. The Bertz CT molecular complexity index is 641. The highest BCUT2D eigenvalue weighted by atomic mass is 16.1. The predicted octanol–water partition coefficient (Wildman–Crippen LogP) is 2.80. The lowest BCUT2D eigenvalue weighted by atomic mass is 10.0. The molecule has 0 fully saturated rings. The molecule has 0 saturated carbocycles. The van der Waals surface area contributed by atoms with Crippen LogP contribution in [0.3, 0.4) is 0 Å². The molecule has 18 heavy (non-hydrogen) atoms. The fraction of sp³-hybridized carbons (Fsp3) is 0.0625. The lowest BCUT2D eigenvalue weighted by Gasteiger charge is -2.04. The van der Waals surface area contributed by atoms with E-state index in [1.165, 1.54) is 0 Å². The van der Waals surface area contributed by atoms with Crippen LogP contribution in [0.4, 0.5) is 0 Å². The van der Waals surface area contributed by atoms with Gasteiger partial charge in [0.05, 0.1) is 0 Å². The Morgan fingerprint density at radius 1 is 0.944 bits per heavy atom. The van der Waals surface area contributed by atoms with Crippen molar-refractivity contribution in [1.29, 1.82) is 0 Å². The van der Waals surface area contributed by atoms with Gasteiger partial charge in [-0.05, 0) is 11.1 Å². The van der Waals surface area contributed by atoms with Crippen molar-refractivity contribution in [1.82, 2.24) is 0 Å². The number of carbonyl (C=O) groups excluding carboxylic acids is 1. The number of carbonyl (C=O) groups is 1. The van der Waals surface area contributed by atoms with Gasteiger partial charge in [0.2, 0.25) is 0 Å². The summed E-state index contributed by atoms with van der Waals surface area (Å²) in [5.41, 5.74) is 10.2. The highest BCUT2D eigenvalue weighted by Crippen LogP contribution is 2.29. The molecule has 0 saturated heterocycles. The highest BCUT2D eigenvalue weighted by molar-refractivity contribution is 6.16. The monoisotopic (exact) mass is 235 g/mol. The van der Waals surface area contributed by atoms with Crippen molar-refractivity contribution in [3.8, 4) is 0 Å². The quantitative estimate of drug-likeness (QED) is 0.772. The van der Waals surface area contributed by atoms with Crippen LogP contribution in [0, 0.1) is 0 Å². The van der Waals surface area contributed by atoms with E-state index in [0.717, 1.165) is 16.7 Å². The van der Waals surface area contributed by atoms with Crippen LogP contribution < -0.4 is 5.73 Å². The van der Waals surface area contributed by atoms with Gasteiger partial charge in [0, 0.05) is 23.3 Å². The molecule has 3 rings (SSSR count). The zero-order valence-corrected chi connectivity index (χ0v) is 9.89. The van der Waals surface area contributed by atoms with Gasteiger partial charge >= 0.3 is 0 Å². The molecule has 0 aromatic heterocycles. The average Bonchev–Trinajstić information content (AvgIpc) is 2.77. The number of hydrogen-bond donors (Lipinski definition) is 1. The van der Waals surface area contributed by atoms with Gasteiger partial charge in [-0.2, -0.15) is 0 Å². The Labute approximate surface area is 106 Å². The standard InChI is InChI=1S/C16H13NO/c17-15(11-6-2-1-3-7-11)14-10-12-8-4-5-9-13(12)16(14)18/h1-9H,10,17H2. The Morgan fingerprint density at radius 3 is 2.33 bits per heavy atom. The molecule has 1 aliphatic rings. The number of benzene rings is 2. The SMILES string of the molecule is NC(=C1Cc2ccccc2C1=O)c1ccccc1. The number of Topliss-reactive ketones (excluding diaryl/α,β-unsaturated/α-hetero) is 1. The Hall–Kier alpha value is -2.35. The van der Waals surface area contributed by atoms with Gasteiger partial charge < -0.3 is 5.73 Å². The Balaban J connectivity index is 2.09.